The van der Waals surface area contributed by atoms with Crippen molar-refractivity contribution in [2.45, 2.75) is 76.0 Å². The molecule has 0 bridgehead atoms. The average Bonchev–Trinajstić information content (AvgIpc) is 3.36. The van der Waals surface area contributed by atoms with E-state index in [-0.39, 0.29) is 6.04 Å². The van der Waals surface area contributed by atoms with Crippen LogP contribution in [0.25, 0.3) is 0 Å². The fourth-order valence-corrected chi connectivity index (χ4v) is 5.22. The van der Waals surface area contributed by atoms with Gasteiger partial charge in [-0.05, 0) is 69.7 Å². The number of benzene rings is 2. The molecule has 1 amide bonds. The molecular weight excluding hydrogens is 470 g/mol. The number of piperidine rings is 1. The van der Waals surface area contributed by atoms with Crippen molar-refractivity contribution in [1.29, 1.82) is 0 Å². The summed E-state index contributed by atoms with van der Waals surface area (Å²) in [5.74, 6) is 0.712. The van der Waals surface area contributed by atoms with Crippen LogP contribution in [0.15, 0.2) is 48.5 Å². The summed E-state index contributed by atoms with van der Waals surface area (Å²) >= 11 is 0. The van der Waals surface area contributed by atoms with Crippen molar-refractivity contribution < 1.29 is 24.2 Å². The summed E-state index contributed by atoms with van der Waals surface area (Å²) in [6.45, 7) is 3.90. The Bertz CT molecular complexity index is 1060. The molecule has 0 spiro atoms. The van der Waals surface area contributed by atoms with Gasteiger partial charge in [0, 0.05) is 24.7 Å². The van der Waals surface area contributed by atoms with Crippen LogP contribution >= 0.6 is 0 Å². The van der Waals surface area contributed by atoms with Crippen LogP contribution in [0.1, 0.15) is 68.6 Å². The SMILES string of the molecule is Cc1ccccc1Oc1ccccc1C(O)CCCN(C(=O)OC(=O)C1(N)CCCC1)C1CCCNC1. The second-order valence-corrected chi connectivity index (χ2v) is 10.3. The standard InChI is InChI=1S/C29H39N3O5/c1-21-10-2-4-14-25(21)36-26-15-5-3-12-23(26)24(33)13-9-19-32(22-11-8-18-31-20-22)28(35)37-27(34)29(30)16-6-7-17-29/h2-5,10,12,14-15,22,24,31,33H,6-9,11,13,16-20,30H2,1H3. The van der Waals surface area contributed by atoms with Crippen LogP contribution in [-0.4, -0.2) is 53.3 Å². The van der Waals surface area contributed by atoms with Crippen molar-refractivity contribution in [2.75, 3.05) is 19.6 Å². The second kappa shape index (κ2) is 12.5. The van der Waals surface area contributed by atoms with Gasteiger partial charge in [0.15, 0.2) is 0 Å². The highest BCUT2D eigenvalue weighted by Gasteiger charge is 2.41. The highest BCUT2D eigenvalue weighted by Crippen LogP contribution is 2.33. The van der Waals surface area contributed by atoms with Gasteiger partial charge >= 0.3 is 12.1 Å². The largest absolute Gasteiger partial charge is 0.457 e. The highest BCUT2D eigenvalue weighted by atomic mass is 16.6. The molecule has 2 fully saturated rings. The van der Waals surface area contributed by atoms with Crippen LogP contribution in [0.4, 0.5) is 4.79 Å². The van der Waals surface area contributed by atoms with Gasteiger partial charge in [-0.15, -0.1) is 0 Å². The number of hydrogen-bond donors (Lipinski definition) is 3. The number of carbonyl (C=O) groups excluding carboxylic acids is 2. The first kappa shape index (κ1) is 27.1. The minimum atomic E-state index is -1.07. The van der Waals surface area contributed by atoms with Crippen LogP contribution < -0.4 is 15.8 Å². The number of amides is 1. The van der Waals surface area contributed by atoms with Gasteiger partial charge in [0.1, 0.15) is 17.0 Å². The maximum Gasteiger partial charge on any atom is 0.417 e. The van der Waals surface area contributed by atoms with E-state index in [2.05, 4.69) is 5.32 Å². The lowest BCUT2D eigenvalue weighted by atomic mass is 10.00. The zero-order chi connectivity index (χ0) is 26.3. The summed E-state index contributed by atoms with van der Waals surface area (Å²) in [4.78, 5) is 27.4. The van der Waals surface area contributed by atoms with Gasteiger partial charge in [-0.25, -0.2) is 9.59 Å². The Kier molecular flexibility index (Phi) is 9.18. The zero-order valence-electron chi connectivity index (χ0n) is 21.7. The molecule has 4 N–H and O–H groups in total. The van der Waals surface area contributed by atoms with Crippen LogP contribution in [0.3, 0.4) is 0 Å². The average molecular weight is 510 g/mol. The number of aliphatic hydroxyl groups excluding tert-OH is 1. The van der Waals surface area contributed by atoms with Gasteiger partial charge in [-0.2, -0.15) is 0 Å². The van der Waals surface area contributed by atoms with Crippen molar-refractivity contribution in [3.05, 3.63) is 59.7 Å². The van der Waals surface area contributed by atoms with Crippen molar-refractivity contribution >= 4 is 12.1 Å². The Hall–Kier alpha value is -2.94. The number of ether oxygens (including phenoxy) is 2. The Morgan fingerprint density at radius 3 is 2.51 bits per heavy atom. The number of aliphatic hydroxyl groups is 1. The molecule has 1 saturated carbocycles. The molecule has 1 saturated heterocycles. The summed E-state index contributed by atoms with van der Waals surface area (Å²) in [7, 11) is 0. The topological polar surface area (TPSA) is 114 Å². The molecule has 8 nitrogen and oxygen atoms in total. The van der Waals surface area contributed by atoms with Crippen LogP contribution in [-0.2, 0) is 9.53 Å². The van der Waals surface area contributed by atoms with E-state index in [1.54, 1.807) is 4.90 Å². The molecule has 1 heterocycles. The number of esters is 1. The molecule has 37 heavy (non-hydrogen) atoms. The molecule has 0 radical (unpaired) electrons. The Morgan fingerprint density at radius 2 is 1.81 bits per heavy atom. The van der Waals surface area contributed by atoms with E-state index in [1.807, 2.05) is 55.5 Å². The molecule has 0 aromatic heterocycles. The molecule has 2 unspecified atom stereocenters. The minimum absolute atomic E-state index is 0.0693. The maximum atomic E-state index is 13.1. The highest BCUT2D eigenvalue weighted by molar-refractivity contribution is 5.90. The molecular formula is C29H39N3O5. The van der Waals surface area contributed by atoms with Gasteiger partial charge in [0.25, 0.3) is 0 Å². The lowest BCUT2D eigenvalue weighted by Crippen LogP contribution is -2.52. The van der Waals surface area contributed by atoms with Gasteiger partial charge in [0.2, 0.25) is 0 Å². The van der Waals surface area contributed by atoms with E-state index < -0.39 is 23.7 Å². The van der Waals surface area contributed by atoms with E-state index in [0.717, 1.165) is 43.5 Å². The van der Waals surface area contributed by atoms with Crippen LogP contribution in [0.5, 0.6) is 11.5 Å². The molecule has 2 atom stereocenters. The summed E-state index contributed by atoms with van der Waals surface area (Å²) in [5, 5.41) is 14.4. The monoisotopic (exact) mass is 509 g/mol. The molecule has 200 valence electrons. The quantitative estimate of drug-likeness (QED) is 0.335. The normalized spacial score (nSPS) is 19.7. The summed E-state index contributed by atoms with van der Waals surface area (Å²) in [6.07, 6.45) is 4.13. The molecule has 1 aliphatic heterocycles. The third kappa shape index (κ3) is 6.89. The van der Waals surface area contributed by atoms with Gasteiger partial charge in [0.05, 0.1) is 6.10 Å². The fraction of sp³-hybridized carbons (Fsp3) is 0.517. The van der Waals surface area contributed by atoms with E-state index >= 15 is 0 Å². The second-order valence-electron chi connectivity index (χ2n) is 10.3. The Morgan fingerprint density at radius 1 is 1.11 bits per heavy atom. The number of hydrogen-bond acceptors (Lipinski definition) is 7. The van der Waals surface area contributed by atoms with Crippen molar-refractivity contribution in [3.8, 4) is 11.5 Å². The number of para-hydroxylation sites is 2. The Balaban J connectivity index is 1.39. The van der Waals surface area contributed by atoms with E-state index in [1.165, 1.54) is 0 Å². The predicted molar refractivity (Wildman–Crippen MR) is 141 cm³/mol. The number of rotatable bonds is 9. The van der Waals surface area contributed by atoms with Crippen molar-refractivity contribution in [1.82, 2.24) is 10.2 Å². The predicted octanol–water partition coefficient (Wildman–Crippen LogP) is 4.59. The van der Waals surface area contributed by atoms with E-state index in [4.69, 9.17) is 15.2 Å². The number of aryl methyl sites for hydroxylation is 1. The lowest BCUT2D eigenvalue weighted by Gasteiger charge is -2.34. The van der Waals surface area contributed by atoms with Crippen LogP contribution in [0, 0.1) is 6.92 Å². The molecule has 4 rings (SSSR count). The number of nitrogens with one attached hydrogen (secondary N) is 1. The van der Waals surface area contributed by atoms with Crippen LogP contribution in [0.2, 0.25) is 0 Å². The molecule has 8 heteroatoms. The Labute approximate surface area is 219 Å². The third-order valence-corrected chi connectivity index (χ3v) is 7.50. The summed E-state index contributed by atoms with van der Waals surface area (Å²) < 4.78 is 11.4. The summed E-state index contributed by atoms with van der Waals surface area (Å²) in [5.41, 5.74) is 6.85. The van der Waals surface area contributed by atoms with Gasteiger partial charge in [-0.3, -0.25) is 0 Å². The first-order chi connectivity index (χ1) is 17.9. The maximum absolute atomic E-state index is 13.1. The first-order valence-electron chi connectivity index (χ1n) is 13.4. The number of nitrogens with two attached hydrogens (primary N) is 1. The van der Waals surface area contributed by atoms with E-state index in [0.29, 0.717) is 50.1 Å². The molecule has 2 aliphatic rings. The van der Waals surface area contributed by atoms with Gasteiger partial charge in [-0.1, -0.05) is 49.2 Å². The van der Waals surface area contributed by atoms with Crippen molar-refractivity contribution in [2.24, 2.45) is 5.73 Å². The third-order valence-electron chi connectivity index (χ3n) is 7.50. The smallest absolute Gasteiger partial charge is 0.417 e. The molecule has 2 aromatic carbocycles. The fourth-order valence-electron chi connectivity index (χ4n) is 5.22. The summed E-state index contributed by atoms with van der Waals surface area (Å²) in [6, 6.07) is 15.1. The van der Waals surface area contributed by atoms with Gasteiger partial charge < -0.3 is 30.5 Å². The minimum Gasteiger partial charge on any atom is -0.457 e. The molecule has 1 aliphatic carbocycles. The van der Waals surface area contributed by atoms with Crippen molar-refractivity contribution in [3.63, 3.8) is 0 Å². The zero-order valence-corrected chi connectivity index (χ0v) is 21.7. The number of nitrogens with zero attached hydrogens (tertiary/aromatic N) is 1. The first-order valence-corrected chi connectivity index (χ1v) is 13.4. The molecule has 2 aromatic rings. The number of carbonyl (C=O) groups is 2. The van der Waals surface area contributed by atoms with E-state index in [9.17, 15) is 14.7 Å². The lowest BCUT2D eigenvalue weighted by molar-refractivity contribution is -0.144.